The Morgan fingerprint density at radius 1 is 1.69 bits per heavy atom. The van der Waals surface area contributed by atoms with Crippen LogP contribution in [0.15, 0.2) is 23.8 Å². The number of anilines is 1. The number of hydrogen-bond donors (Lipinski definition) is 3. The number of H-pyrrole nitrogens is 1. The number of nitrogens with one attached hydrogen (secondary N) is 2. The van der Waals surface area contributed by atoms with Gasteiger partial charge in [0.25, 0.3) is 5.91 Å². The number of nitrogens with two attached hydrogens (primary N) is 1. The van der Waals surface area contributed by atoms with Crippen molar-refractivity contribution in [1.29, 1.82) is 0 Å². The highest BCUT2D eigenvalue weighted by Crippen LogP contribution is 2.20. The molecule has 5 nitrogen and oxygen atoms in total. The Bertz CT molecular complexity index is 477. The largest absolute Gasteiger partial charge is 0.397 e. The zero-order valence-electron chi connectivity index (χ0n) is 8.73. The van der Waals surface area contributed by atoms with Crippen LogP contribution in [0, 0.1) is 0 Å². The monoisotopic (exact) mass is 236 g/mol. The molecule has 1 atom stereocenters. The van der Waals surface area contributed by atoms with E-state index in [1.165, 1.54) is 11.3 Å². The average Bonchev–Trinajstić information content (AvgIpc) is 2.86. The summed E-state index contributed by atoms with van der Waals surface area (Å²) in [6, 6.07) is 1.63. The highest BCUT2D eigenvalue weighted by molar-refractivity contribution is 7.12. The molecular weight excluding hydrogens is 224 g/mol. The van der Waals surface area contributed by atoms with Gasteiger partial charge in [-0.2, -0.15) is 5.10 Å². The van der Waals surface area contributed by atoms with Gasteiger partial charge in [0.05, 0.1) is 17.9 Å². The number of aromatic amines is 1. The Morgan fingerprint density at radius 3 is 3.06 bits per heavy atom. The van der Waals surface area contributed by atoms with E-state index in [0.717, 1.165) is 5.56 Å². The Hall–Kier alpha value is -1.82. The number of thiophene rings is 1. The van der Waals surface area contributed by atoms with Crippen LogP contribution in [0.4, 0.5) is 5.69 Å². The summed E-state index contributed by atoms with van der Waals surface area (Å²) in [7, 11) is 0. The molecule has 16 heavy (non-hydrogen) atoms. The summed E-state index contributed by atoms with van der Waals surface area (Å²) in [6.45, 7) is 1.90. The first kappa shape index (κ1) is 10.7. The van der Waals surface area contributed by atoms with Crippen LogP contribution in [0.1, 0.15) is 28.2 Å². The van der Waals surface area contributed by atoms with E-state index in [1.54, 1.807) is 23.8 Å². The van der Waals surface area contributed by atoms with E-state index in [9.17, 15) is 4.79 Å². The first-order valence-corrected chi connectivity index (χ1v) is 5.69. The maximum atomic E-state index is 11.8. The number of nitrogen functional groups attached to an aromatic ring is 1. The van der Waals surface area contributed by atoms with Crippen LogP contribution < -0.4 is 11.1 Å². The zero-order valence-corrected chi connectivity index (χ0v) is 9.54. The van der Waals surface area contributed by atoms with E-state index in [2.05, 4.69) is 15.5 Å². The predicted molar refractivity (Wildman–Crippen MR) is 63.2 cm³/mol. The van der Waals surface area contributed by atoms with Crippen molar-refractivity contribution in [3.05, 3.63) is 34.3 Å². The van der Waals surface area contributed by atoms with Crippen LogP contribution in [0.5, 0.6) is 0 Å². The molecule has 2 aromatic rings. The third-order valence-corrected chi connectivity index (χ3v) is 3.20. The summed E-state index contributed by atoms with van der Waals surface area (Å²) in [5, 5.41) is 11.2. The molecule has 0 aliphatic rings. The van der Waals surface area contributed by atoms with Gasteiger partial charge >= 0.3 is 0 Å². The van der Waals surface area contributed by atoms with E-state index >= 15 is 0 Å². The highest BCUT2D eigenvalue weighted by atomic mass is 32.1. The molecule has 6 heteroatoms. The number of amides is 1. The fraction of sp³-hybridized carbons (Fsp3) is 0.200. The van der Waals surface area contributed by atoms with Crippen LogP contribution in [0.3, 0.4) is 0 Å². The van der Waals surface area contributed by atoms with Gasteiger partial charge in [0, 0.05) is 11.8 Å². The number of carbonyl (C=O) groups excluding carboxylic acids is 1. The van der Waals surface area contributed by atoms with Crippen molar-refractivity contribution >= 4 is 22.9 Å². The first-order chi connectivity index (χ1) is 7.68. The van der Waals surface area contributed by atoms with Gasteiger partial charge in [-0.1, -0.05) is 0 Å². The van der Waals surface area contributed by atoms with Gasteiger partial charge in [0.2, 0.25) is 0 Å². The van der Waals surface area contributed by atoms with E-state index < -0.39 is 0 Å². The molecular formula is C10H12N4OS. The molecule has 0 saturated heterocycles. The summed E-state index contributed by atoms with van der Waals surface area (Å²) < 4.78 is 0. The minimum absolute atomic E-state index is 0.0900. The second kappa shape index (κ2) is 4.36. The molecule has 0 aliphatic heterocycles. The van der Waals surface area contributed by atoms with Crippen LogP contribution in [0.2, 0.25) is 0 Å². The normalized spacial score (nSPS) is 12.3. The summed E-state index contributed by atoms with van der Waals surface area (Å²) in [5.74, 6) is -0.152. The summed E-state index contributed by atoms with van der Waals surface area (Å²) in [4.78, 5) is 12.4. The minimum Gasteiger partial charge on any atom is -0.397 e. The lowest BCUT2D eigenvalue weighted by atomic mass is 10.2. The molecule has 2 rings (SSSR count). The van der Waals surface area contributed by atoms with Gasteiger partial charge in [-0.3, -0.25) is 9.89 Å². The Balaban J connectivity index is 2.06. The number of aromatic nitrogens is 2. The summed E-state index contributed by atoms with van der Waals surface area (Å²) >= 11 is 1.34. The van der Waals surface area contributed by atoms with Gasteiger partial charge in [-0.15, -0.1) is 11.3 Å². The Labute approximate surface area is 96.7 Å². The van der Waals surface area contributed by atoms with E-state index in [1.807, 2.05) is 6.92 Å². The predicted octanol–water partition coefficient (Wildman–Crippen LogP) is 1.54. The lowest BCUT2D eigenvalue weighted by Gasteiger charge is -2.11. The van der Waals surface area contributed by atoms with E-state index in [-0.39, 0.29) is 11.9 Å². The van der Waals surface area contributed by atoms with Crippen LogP contribution >= 0.6 is 11.3 Å². The molecule has 0 radical (unpaired) electrons. The quantitative estimate of drug-likeness (QED) is 0.756. The van der Waals surface area contributed by atoms with Crippen LogP contribution in [0.25, 0.3) is 0 Å². The topological polar surface area (TPSA) is 83.8 Å². The molecule has 0 spiro atoms. The van der Waals surface area contributed by atoms with Gasteiger partial charge in [-0.25, -0.2) is 0 Å². The molecule has 4 N–H and O–H groups in total. The van der Waals surface area contributed by atoms with Crippen molar-refractivity contribution < 1.29 is 4.79 Å². The van der Waals surface area contributed by atoms with Crippen molar-refractivity contribution in [2.45, 2.75) is 13.0 Å². The summed E-state index contributed by atoms with van der Waals surface area (Å²) in [6.07, 6.45) is 3.44. The van der Waals surface area contributed by atoms with Crippen molar-refractivity contribution in [3.63, 3.8) is 0 Å². The minimum atomic E-state index is -0.152. The smallest absolute Gasteiger partial charge is 0.263 e. The van der Waals surface area contributed by atoms with Crippen molar-refractivity contribution in [3.8, 4) is 0 Å². The number of hydrogen-bond acceptors (Lipinski definition) is 4. The second-order valence-electron chi connectivity index (χ2n) is 3.43. The van der Waals surface area contributed by atoms with E-state index in [0.29, 0.717) is 10.6 Å². The zero-order chi connectivity index (χ0) is 11.5. The number of carbonyl (C=O) groups is 1. The maximum absolute atomic E-state index is 11.8. The molecule has 84 valence electrons. The fourth-order valence-corrected chi connectivity index (χ4v) is 2.07. The van der Waals surface area contributed by atoms with Crippen molar-refractivity contribution in [2.24, 2.45) is 0 Å². The molecule has 0 fully saturated rings. The molecule has 0 saturated carbocycles. The van der Waals surface area contributed by atoms with E-state index in [4.69, 9.17) is 5.73 Å². The first-order valence-electron chi connectivity index (χ1n) is 4.81. The molecule has 2 aromatic heterocycles. The van der Waals surface area contributed by atoms with Crippen molar-refractivity contribution in [1.82, 2.24) is 15.5 Å². The summed E-state index contributed by atoms with van der Waals surface area (Å²) in [5.41, 5.74) is 7.12. The van der Waals surface area contributed by atoms with Gasteiger partial charge < -0.3 is 11.1 Å². The average molecular weight is 236 g/mol. The lowest BCUT2D eigenvalue weighted by Crippen LogP contribution is -2.26. The molecule has 0 bridgehead atoms. The number of rotatable bonds is 3. The van der Waals surface area contributed by atoms with Gasteiger partial charge in [0.1, 0.15) is 4.88 Å². The molecule has 0 aliphatic carbocycles. The standard InChI is InChI=1S/C10H12N4OS/c1-6(7-4-12-13-5-7)14-10(15)9-8(11)2-3-16-9/h2-6H,11H2,1H3,(H,12,13)(H,14,15). The molecule has 0 aromatic carbocycles. The SMILES string of the molecule is CC(NC(=O)c1sccc1N)c1cn[nH]c1. The Morgan fingerprint density at radius 2 is 2.50 bits per heavy atom. The fourth-order valence-electron chi connectivity index (χ4n) is 1.35. The third-order valence-electron chi connectivity index (χ3n) is 2.27. The molecule has 1 unspecified atom stereocenters. The Kier molecular flexibility index (Phi) is 2.91. The number of nitrogens with zero attached hydrogens (tertiary/aromatic N) is 1. The lowest BCUT2D eigenvalue weighted by molar-refractivity contribution is 0.0945. The van der Waals surface area contributed by atoms with Crippen LogP contribution in [-0.2, 0) is 0 Å². The van der Waals surface area contributed by atoms with Crippen LogP contribution in [-0.4, -0.2) is 16.1 Å². The molecule has 1 amide bonds. The highest BCUT2D eigenvalue weighted by Gasteiger charge is 2.15. The van der Waals surface area contributed by atoms with Gasteiger partial charge in [0.15, 0.2) is 0 Å². The van der Waals surface area contributed by atoms with Gasteiger partial charge in [-0.05, 0) is 18.4 Å². The van der Waals surface area contributed by atoms with Crippen molar-refractivity contribution in [2.75, 3.05) is 5.73 Å². The second-order valence-corrected chi connectivity index (χ2v) is 4.35. The maximum Gasteiger partial charge on any atom is 0.263 e. The third kappa shape index (κ3) is 2.06. The molecule has 2 heterocycles.